The van der Waals surface area contributed by atoms with Crippen molar-refractivity contribution < 1.29 is 9.18 Å². The highest BCUT2D eigenvalue weighted by Crippen LogP contribution is 2.09. The zero-order valence-electron chi connectivity index (χ0n) is 11.9. The molecule has 1 amide bonds. The van der Waals surface area contributed by atoms with Gasteiger partial charge in [0.15, 0.2) is 5.82 Å². The highest BCUT2D eigenvalue weighted by atomic mass is 19.1. The van der Waals surface area contributed by atoms with Crippen molar-refractivity contribution in [3.8, 4) is 0 Å². The van der Waals surface area contributed by atoms with Crippen LogP contribution in [0.3, 0.4) is 0 Å². The number of benzene rings is 1. The van der Waals surface area contributed by atoms with Gasteiger partial charge in [0, 0.05) is 25.5 Å². The molecule has 0 atom stereocenters. The predicted octanol–water partition coefficient (Wildman–Crippen LogP) is 2.06. The summed E-state index contributed by atoms with van der Waals surface area (Å²) in [7, 11) is 1.74. The molecule has 0 aliphatic heterocycles. The minimum atomic E-state index is -0.283. The molecule has 0 fully saturated rings. The van der Waals surface area contributed by atoms with Crippen LogP contribution in [0, 0.1) is 5.82 Å². The van der Waals surface area contributed by atoms with Crippen LogP contribution in [0.4, 0.5) is 10.2 Å². The summed E-state index contributed by atoms with van der Waals surface area (Å²) < 4.78 is 16.3. The maximum Gasteiger partial charge on any atom is 0.260 e. The van der Waals surface area contributed by atoms with E-state index < -0.39 is 0 Å². The molecular weight excluding hydrogens is 285 g/mol. The van der Waals surface area contributed by atoms with Gasteiger partial charge < -0.3 is 5.32 Å². The number of hydrogen-bond donors (Lipinski definition) is 1. The van der Waals surface area contributed by atoms with Gasteiger partial charge in [0.25, 0.3) is 5.91 Å². The van der Waals surface area contributed by atoms with E-state index in [4.69, 9.17) is 0 Å². The Labute approximate surface area is 126 Å². The van der Waals surface area contributed by atoms with Gasteiger partial charge in [0.05, 0.1) is 18.3 Å². The molecule has 0 unspecified atom stereocenters. The lowest BCUT2D eigenvalue weighted by atomic mass is 10.2. The molecule has 0 radical (unpaired) electrons. The molecular formula is C15H14FN5O. The van der Waals surface area contributed by atoms with E-state index in [1.54, 1.807) is 40.9 Å². The third-order valence-corrected chi connectivity index (χ3v) is 3.08. The first-order chi connectivity index (χ1) is 10.6. The molecule has 112 valence electrons. The summed E-state index contributed by atoms with van der Waals surface area (Å²) in [5.74, 6) is -0.121. The minimum absolute atomic E-state index is 0.274. The van der Waals surface area contributed by atoms with Gasteiger partial charge in [-0.2, -0.15) is 10.2 Å². The topological polar surface area (TPSA) is 64.7 Å². The van der Waals surface area contributed by atoms with Crippen LogP contribution in [-0.2, 0) is 13.6 Å². The van der Waals surface area contributed by atoms with Crippen LogP contribution in [0.1, 0.15) is 15.9 Å². The fourth-order valence-corrected chi connectivity index (χ4v) is 2.07. The van der Waals surface area contributed by atoms with Crippen LogP contribution in [0.2, 0.25) is 0 Å². The van der Waals surface area contributed by atoms with Crippen LogP contribution in [0.15, 0.2) is 48.9 Å². The standard InChI is InChI=1S/C15H14FN5O/c1-20-10-12(8-17-20)15(22)18-14-5-6-21(19-14)9-11-3-2-4-13(16)7-11/h2-8,10H,9H2,1H3,(H,18,19,22). The molecule has 0 aliphatic rings. The Kier molecular flexibility index (Phi) is 3.69. The van der Waals surface area contributed by atoms with Crippen molar-refractivity contribution in [3.63, 3.8) is 0 Å². The lowest BCUT2D eigenvalue weighted by Gasteiger charge is -2.02. The fourth-order valence-electron chi connectivity index (χ4n) is 2.07. The molecule has 0 saturated carbocycles. The van der Waals surface area contributed by atoms with Crippen molar-refractivity contribution in [3.05, 3.63) is 65.9 Å². The largest absolute Gasteiger partial charge is 0.305 e. The van der Waals surface area contributed by atoms with Gasteiger partial charge in [-0.1, -0.05) is 12.1 Å². The molecule has 0 saturated heterocycles. The highest BCUT2D eigenvalue weighted by Gasteiger charge is 2.10. The van der Waals surface area contributed by atoms with Crippen LogP contribution in [0.5, 0.6) is 0 Å². The van der Waals surface area contributed by atoms with Gasteiger partial charge in [-0.05, 0) is 17.7 Å². The Balaban J connectivity index is 1.67. The van der Waals surface area contributed by atoms with E-state index in [1.165, 1.54) is 18.3 Å². The number of nitrogens with zero attached hydrogens (tertiary/aromatic N) is 4. The average molecular weight is 299 g/mol. The number of carbonyl (C=O) groups excluding carboxylic acids is 1. The number of hydrogen-bond acceptors (Lipinski definition) is 3. The van der Waals surface area contributed by atoms with E-state index in [0.29, 0.717) is 17.9 Å². The summed E-state index contributed by atoms with van der Waals surface area (Å²) in [5, 5.41) is 10.9. The van der Waals surface area contributed by atoms with Crippen molar-refractivity contribution in [1.82, 2.24) is 19.6 Å². The minimum Gasteiger partial charge on any atom is -0.305 e. The number of nitrogens with one attached hydrogen (secondary N) is 1. The van der Waals surface area contributed by atoms with Crippen LogP contribution in [-0.4, -0.2) is 25.5 Å². The molecule has 0 spiro atoms. The molecule has 6 nitrogen and oxygen atoms in total. The second kappa shape index (κ2) is 5.80. The zero-order valence-corrected chi connectivity index (χ0v) is 11.9. The third kappa shape index (κ3) is 3.20. The Morgan fingerprint density at radius 1 is 1.36 bits per heavy atom. The summed E-state index contributed by atoms with van der Waals surface area (Å²) in [6.45, 7) is 0.431. The molecule has 2 heterocycles. The van der Waals surface area contributed by atoms with Crippen molar-refractivity contribution in [1.29, 1.82) is 0 Å². The zero-order chi connectivity index (χ0) is 15.5. The number of rotatable bonds is 4. The van der Waals surface area contributed by atoms with Gasteiger partial charge >= 0.3 is 0 Å². The van der Waals surface area contributed by atoms with Gasteiger partial charge in [0.2, 0.25) is 0 Å². The maximum absolute atomic E-state index is 13.1. The number of aryl methyl sites for hydroxylation is 1. The lowest BCUT2D eigenvalue weighted by Crippen LogP contribution is -2.12. The molecule has 22 heavy (non-hydrogen) atoms. The normalized spacial score (nSPS) is 10.6. The smallest absolute Gasteiger partial charge is 0.260 e. The number of anilines is 1. The number of halogens is 1. The summed E-state index contributed by atoms with van der Waals surface area (Å²) in [6.07, 6.45) is 4.84. The highest BCUT2D eigenvalue weighted by molar-refractivity contribution is 6.03. The monoisotopic (exact) mass is 299 g/mol. The van der Waals surface area contributed by atoms with Gasteiger partial charge in [0.1, 0.15) is 5.82 Å². The van der Waals surface area contributed by atoms with E-state index in [1.807, 2.05) is 6.07 Å². The quantitative estimate of drug-likeness (QED) is 0.802. The van der Waals surface area contributed by atoms with Crippen LogP contribution >= 0.6 is 0 Å². The number of amides is 1. The van der Waals surface area contributed by atoms with Crippen molar-refractivity contribution >= 4 is 11.7 Å². The Morgan fingerprint density at radius 2 is 2.23 bits per heavy atom. The molecule has 3 aromatic rings. The summed E-state index contributed by atoms with van der Waals surface area (Å²) >= 11 is 0. The fraction of sp³-hybridized carbons (Fsp3) is 0.133. The maximum atomic E-state index is 13.1. The van der Waals surface area contributed by atoms with Crippen molar-refractivity contribution in [2.45, 2.75) is 6.54 Å². The molecule has 3 rings (SSSR count). The molecule has 1 N–H and O–H groups in total. The van der Waals surface area contributed by atoms with Gasteiger partial charge in [-0.15, -0.1) is 0 Å². The molecule has 2 aromatic heterocycles. The first-order valence-electron chi connectivity index (χ1n) is 6.68. The SMILES string of the molecule is Cn1cc(C(=O)Nc2ccn(Cc3cccc(F)c3)n2)cn1. The van der Waals surface area contributed by atoms with Crippen molar-refractivity contribution in [2.75, 3.05) is 5.32 Å². The molecule has 0 bridgehead atoms. The third-order valence-electron chi connectivity index (χ3n) is 3.08. The predicted molar refractivity (Wildman–Crippen MR) is 78.9 cm³/mol. The Hall–Kier alpha value is -2.96. The van der Waals surface area contributed by atoms with Gasteiger partial charge in [-0.3, -0.25) is 14.2 Å². The first kappa shape index (κ1) is 14.0. The first-order valence-corrected chi connectivity index (χ1v) is 6.68. The summed E-state index contributed by atoms with van der Waals surface area (Å²) in [6, 6.07) is 8.01. The lowest BCUT2D eigenvalue weighted by molar-refractivity contribution is 0.102. The molecule has 0 aliphatic carbocycles. The number of carbonyl (C=O) groups is 1. The van der Waals surface area contributed by atoms with Gasteiger partial charge in [-0.25, -0.2) is 4.39 Å². The summed E-state index contributed by atoms with van der Waals surface area (Å²) in [5.41, 5.74) is 1.26. The van der Waals surface area contributed by atoms with E-state index >= 15 is 0 Å². The summed E-state index contributed by atoms with van der Waals surface area (Å²) in [4.78, 5) is 12.0. The van der Waals surface area contributed by atoms with Crippen molar-refractivity contribution in [2.24, 2.45) is 7.05 Å². The number of aromatic nitrogens is 4. The van der Waals surface area contributed by atoms with E-state index in [-0.39, 0.29) is 11.7 Å². The average Bonchev–Trinajstić information content (AvgIpc) is 3.08. The second-order valence-corrected chi connectivity index (χ2v) is 4.89. The Bertz CT molecular complexity index is 808. The molecule has 7 heteroatoms. The molecule has 1 aromatic carbocycles. The van der Waals surface area contributed by atoms with Crippen LogP contribution < -0.4 is 5.32 Å². The Morgan fingerprint density at radius 3 is 2.95 bits per heavy atom. The van der Waals surface area contributed by atoms with E-state index in [9.17, 15) is 9.18 Å². The van der Waals surface area contributed by atoms with E-state index in [0.717, 1.165) is 5.56 Å². The van der Waals surface area contributed by atoms with Crippen LogP contribution in [0.25, 0.3) is 0 Å². The second-order valence-electron chi connectivity index (χ2n) is 4.89. The van der Waals surface area contributed by atoms with E-state index in [2.05, 4.69) is 15.5 Å².